The van der Waals surface area contributed by atoms with Crippen molar-refractivity contribution >= 4 is 0 Å². The molecule has 0 aromatic carbocycles. The van der Waals surface area contributed by atoms with E-state index >= 15 is 0 Å². The Bertz CT molecular complexity index is 93.6. The van der Waals surface area contributed by atoms with Gasteiger partial charge in [0.2, 0.25) is 5.79 Å². The minimum atomic E-state index is -1.11. The van der Waals surface area contributed by atoms with E-state index in [1.165, 1.54) is 7.11 Å². The van der Waals surface area contributed by atoms with Crippen LogP contribution in [0.25, 0.3) is 0 Å². The lowest BCUT2D eigenvalue weighted by Crippen LogP contribution is -2.28. The van der Waals surface area contributed by atoms with Crippen LogP contribution in [-0.4, -0.2) is 12.9 Å². The van der Waals surface area contributed by atoms with Gasteiger partial charge in [0.1, 0.15) is 0 Å². The van der Waals surface area contributed by atoms with Crippen LogP contribution in [0.1, 0.15) is 46.0 Å². The van der Waals surface area contributed by atoms with Gasteiger partial charge in [-0.3, -0.25) is 0 Å². The SMILES string of the molecule is CCCCC([O])(CCC)OC. The van der Waals surface area contributed by atoms with Crippen LogP contribution in [0.4, 0.5) is 0 Å². The molecule has 0 aliphatic carbocycles. The van der Waals surface area contributed by atoms with Crippen molar-refractivity contribution in [2.75, 3.05) is 7.11 Å². The van der Waals surface area contributed by atoms with Gasteiger partial charge in [0, 0.05) is 20.0 Å². The summed E-state index contributed by atoms with van der Waals surface area (Å²) in [6, 6.07) is 0. The normalized spacial score (nSPS) is 16.4. The fourth-order valence-electron chi connectivity index (χ4n) is 1.16. The molecule has 1 unspecified atom stereocenters. The van der Waals surface area contributed by atoms with Gasteiger partial charge in [0.25, 0.3) is 0 Å². The van der Waals surface area contributed by atoms with Crippen molar-refractivity contribution in [3.8, 4) is 0 Å². The summed E-state index contributed by atoms with van der Waals surface area (Å²) in [5, 5.41) is 11.6. The number of hydrogen-bond acceptors (Lipinski definition) is 1. The topological polar surface area (TPSA) is 29.1 Å². The first kappa shape index (κ1) is 10.9. The highest BCUT2D eigenvalue weighted by Crippen LogP contribution is 2.21. The van der Waals surface area contributed by atoms with Crippen LogP contribution in [0.3, 0.4) is 0 Å². The largest absolute Gasteiger partial charge is 0.351 e. The van der Waals surface area contributed by atoms with Crippen LogP contribution >= 0.6 is 0 Å². The van der Waals surface area contributed by atoms with E-state index < -0.39 is 5.79 Å². The van der Waals surface area contributed by atoms with Gasteiger partial charge in [-0.25, -0.2) is 0 Å². The molecule has 2 nitrogen and oxygen atoms in total. The monoisotopic (exact) mass is 159 g/mol. The summed E-state index contributed by atoms with van der Waals surface area (Å²) >= 11 is 0. The van der Waals surface area contributed by atoms with Gasteiger partial charge >= 0.3 is 0 Å². The molecule has 0 heterocycles. The highest BCUT2D eigenvalue weighted by Gasteiger charge is 2.26. The molecule has 1 radical (unpaired) electrons. The van der Waals surface area contributed by atoms with Crippen molar-refractivity contribution in [3.05, 3.63) is 0 Å². The lowest BCUT2D eigenvalue weighted by Gasteiger charge is -2.22. The van der Waals surface area contributed by atoms with Crippen LogP contribution < -0.4 is 0 Å². The first-order valence-electron chi connectivity index (χ1n) is 4.44. The standard InChI is InChI=1S/C9H19O2/c1-4-6-8-9(10,11-3)7-5-2/h4-8H2,1-3H3. The van der Waals surface area contributed by atoms with Gasteiger partial charge in [0.15, 0.2) is 0 Å². The minimum Gasteiger partial charge on any atom is -0.351 e. The lowest BCUT2D eigenvalue weighted by atomic mass is 10.0. The molecule has 0 spiro atoms. The van der Waals surface area contributed by atoms with E-state index in [1.54, 1.807) is 0 Å². The van der Waals surface area contributed by atoms with Crippen LogP contribution in [0.15, 0.2) is 0 Å². The second-order valence-corrected chi connectivity index (χ2v) is 2.97. The second kappa shape index (κ2) is 5.56. The van der Waals surface area contributed by atoms with Crippen LogP contribution in [0.2, 0.25) is 0 Å². The quantitative estimate of drug-likeness (QED) is 0.548. The van der Waals surface area contributed by atoms with Crippen molar-refractivity contribution in [2.45, 2.75) is 51.7 Å². The number of methoxy groups -OCH3 is 1. The Labute approximate surface area is 69.6 Å². The van der Waals surface area contributed by atoms with Gasteiger partial charge in [0.05, 0.1) is 0 Å². The molecule has 0 aliphatic heterocycles. The third kappa shape index (κ3) is 4.38. The molecule has 0 bridgehead atoms. The third-order valence-electron chi connectivity index (χ3n) is 1.91. The molecule has 67 valence electrons. The molecule has 0 aromatic rings. The molecular formula is C9H19O2. The zero-order chi connectivity index (χ0) is 8.74. The summed E-state index contributed by atoms with van der Waals surface area (Å²) in [5.74, 6) is -1.11. The highest BCUT2D eigenvalue weighted by molar-refractivity contribution is 4.64. The Morgan fingerprint density at radius 1 is 1.18 bits per heavy atom. The van der Waals surface area contributed by atoms with E-state index in [9.17, 15) is 5.11 Å². The van der Waals surface area contributed by atoms with Gasteiger partial charge in [-0.15, -0.1) is 0 Å². The Hall–Kier alpha value is -0.0800. The summed E-state index contributed by atoms with van der Waals surface area (Å²) < 4.78 is 4.92. The molecule has 0 saturated carbocycles. The van der Waals surface area contributed by atoms with Crippen molar-refractivity contribution in [3.63, 3.8) is 0 Å². The smallest absolute Gasteiger partial charge is 0.201 e. The Morgan fingerprint density at radius 3 is 2.18 bits per heavy atom. The molecule has 0 amide bonds. The van der Waals surface area contributed by atoms with E-state index in [4.69, 9.17) is 4.74 Å². The van der Waals surface area contributed by atoms with Crippen molar-refractivity contribution in [1.29, 1.82) is 0 Å². The molecule has 0 aromatic heterocycles. The number of rotatable bonds is 6. The van der Waals surface area contributed by atoms with E-state index in [0.29, 0.717) is 12.8 Å². The van der Waals surface area contributed by atoms with Crippen molar-refractivity contribution in [2.24, 2.45) is 0 Å². The molecule has 1 atom stereocenters. The van der Waals surface area contributed by atoms with Crippen molar-refractivity contribution in [1.82, 2.24) is 0 Å². The van der Waals surface area contributed by atoms with E-state index in [2.05, 4.69) is 6.92 Å². The molecular weight excluding hydrogens is 140 g/mol. The van der Waals surface area contributed by atoms with Crippen LogP contribution in [0, 0.1) is 0 Å². The summed E-state index contributed by atoms with van der Waals surface area (Å²) in [7, 11) is 1.51. The molecule has 2 heteroatoms. The number of ether oxygens (including phenoxy) is 1. The Balaban J connectivity index is 3.68. The highest BCUT2D eigenvalue weighted by atomic mass is 16.6. The maximum absolute atomic E-state index is 11.6. The third-order valence-corrected chi connectivity index (χ3v) is 1.91. The average Bonchev–Trinajstić information content (AvgIpc) is 2.02. The summed E-state index contributed by atoms with van der Waals surface area (Å²) in [6.07, 6.45) is 4.22. The maximum atomic E-state index is 11.6. The van der Waals surface area contributed by atoms with Gasteiger partial charge in [-0.2, -0.15) is 5.11 Å². The van der Waals surface area contributed by atoms with Gasteiger partial charge < -0.3 is 4.74 Å². The molecule has 11 heavy (non-hydrogen) atoms. The van der Waals surface area contributed by atoms with Crippen LogP contribution in [0.5, 0.6) is 0 Å². The zero-order valence-electron chi connectivity index (χ0n) is 7.85. The predicted octanol–water partition coefficient (Wildman–Crippen LogP) is 2.75. The maximum Gasteiger partial charge on any atom is 0.201 e. The lowest BCUT2D eigenvalue weighted by molar-refractivity contribution is -0.233. The zero-order valence-corrected chi connectivity index (χ0v) is 7.85. The summed E-state index contributed by atoms with van der Waals surface area (Å²) in [4.78, 5) is 0. The summed E-state index contributed by atoms with van der Waals surface area (Å²) in [6.45, 7) is 4.10. The second-order valence-electron chi connectivity index (χ2n) is 2.97. The Morgan fingerprint density at radius 2 is 1.82 bits per heavy atom. The fourth-order valence-corrected chi connectivity index (χ4v) is 1.16. The summed E-state index contributed by atoms with van der Waals surface area (Å²) in [5.41, 5.74) is 0. The van der Waals surface area contributed by atoms with Gasteiger partial charge in [-0.05, 0) is 6.42 Å². The Kier molecular flexibility index (Phi) is 5.51. The first-order valence-corrected chi connectivity index (χ1v) is 4.44. The van der Waals surface area contributed by atoms with Crippen molar-refractivity contribution < 1.29 is 9.84 Å². The van der Waals surface area contributed by atoms with Crippen LogP contribution in [-0.2, 0) is 9.84 Å². The van der Waals surface area contributed by atoms with E-state index in [1.807, 2.05) is 6.92 Å². The molecule has 0 N–H and O–H groups in total. The average molecular weight is 159 g/mol. The minimum absolute atomic E-state index is 0.628. The molecule has 0 fully saturated rings. The first-order chi connectivity index (χ1) is 5.18. The molecule has 0 saturated heterocycles. The number of unbranched alkanes of at least 4 members (excludes halogenated alkanes) is 1. The molecule has 0 rings (SSSR count). The van der Waals surface area contributed by atoms with E-state index in [-0.39, 0.29) is 0 Å². The molecule has 0 aliphatic rings. The van der Waals surface area contributed by atoms with E-state index in [0.717, 1.165) is 19.3 Å². The number of hydrogen-bond donors (Lipinski definition) is 0. The predicted molar refractivity (Wildman–Crippen MR) is 44.9 cm³/mol. The van der Waals surface area contributed by atoms with Gasteiger partial charge in [-0.1, -0.05) is 26.7 Å². The fraction of sp³-hybridized carbons (Fsp3) is 1.00.